The molecule has 2 rings (SSSR count). The van der Waals surface area contributed by atoms with Gasteiger partial charge in [0, 0.05) is 12.6 Å². The lowest BCUT2D eigenvalue weighted by Gasteiger charge is -2.40. The maximum Gasteiger partial charge on any atom is 0.460 e. The molecule has 0 aliphatic heterocycles. The van der Waals surface area contributed by atoms with E-state index in [0.29, 0.717) is 19.2 Å². The molecule has 0 heterocycles. The number of likely N-dealkylation sites (N-methyl/N-ethyl adjacent to an activating group) is 1. The van der Waals surface area contributed by atoms with E-state index in [-0.39, 0.29) is 10.6 Å². The standard InChI is InChI=1S/C22H16F13NO3S/c1-36(9-14(37)39-3)16(40)12-6-4-5-11-10(12)7-8-13(38-2)15(11)17(23,24)18(25,26)19(27,28)20(29,30)21(31,32)22(33,34)35/h4-8H,9H2,1-3H3. The molecule has 0 aromatic heterocycles. The Bertz CT molecular complexity index is 1290. The summed E-state index contributed by atoms with van der Waals surface area (Å²) in [4.78, 5) is 12.2. The molecule has 0 fully saturated rings. The van der Waals surface area contributed by atoms with E-state index in [2.05, 4.69) is 9.47 Å². The normalized spacial score (nSPS) is 13.8. The van der Waals surface area contributed by atoms with Crippen molar-refractivity contribution < 1.29 is 71.3 Å². The molecule has 0 unspecified atom stereocenters. The average molecular weight is 621 g/mol. The summed E-state index contributed by atoms with van der Waals surface area (Å²) in [5.74, 6) is -40.2. The highest BCUT2D eigenvalue weighted by Gasteiger charge is 2.91. The molecule has 2 aromatic carbocycles. The summed E-state index contributed by atoms with van der Waals surface area (Å²) in [6.45, 7) is -0.516. The minimum atomic E-state index is -8.05. The number of thiocarbonyl (C=S) groups is 1. The molecule has 0 saturated heterocycles. The molecule has 40 heavy (non-hydrogen) atoms. The predicted molar refractivity (Wildman–Crippen MR) is 117 cm³/mol. The van der Waals surface area contributed by atoms with E-state index in [9.17, 15) is 53.1 Å². The molecule has 224 valence electrons. The van der Waals surface area contributed by atoms with Gasteiger partial charge >= 0.3 is 41.8 Å². The summed E-state index contributed by atoms with van der Waals surface area (Å²) < 4.78 is 189. The number of nitrogens with zero attached hydrogens (tertiary/aromatic N) is 1. The molecule has 0 aliphatic carbocycles. The van der Waals surface area contributed by atoms with Gasteiger partial charge in [-0.15, -0.1) is 0 Å². The van der Waals surface area contributed by atoms with Crippen LogP contribution in [-0.4, -0.2) is 73.5 Å². The number of alkyl halides is 13. The lowest BCUT2D eigenvalue weighted by Crippen LogP contribution is -2.69. The molecule has 0 atom stereocenters. The Hall–Kier alpha value is -3.05. The number of fused-ring (bicyclic) bond motifs is 1. The van der Waals surface area contributed by atoms with Crippen LogP contribution in [0.15, 0.2) is 30.3 Å². The number of esters is 1. The van der Waals surface area contributed by atoms with Gasteiger partial charge in [0.15, 0.2) is 0 Å². The Morgan fingerprint density at radius 2 is 1.30 bits per heavy atom. The molecular weight excluding hydrogens is 605 g/mol. The molecular formula is C22H16F13NO3S. The predicted octanol–water partition coefficient (Wildman–Crippen LogP) is 6.82. The number of carbonyl (C=O) groups excluding carboxylic acids is 1. The number of hydrogen-bond donors (Lipinski definition) is 0. The maximum absolute atomic E-state index is 15.3. The molecule has 2 aromatic rings. The van der Waals surface area contributed by atoms with Crippen molar-refractivity contribution in [1.82, 2.24) is 4.90 Å². The van der Waals surface area contributed by atoms with E-state index in [1.54, 1.807) is 0 Å². The topological polar surface area (TPSA) is 38.8 Å². The molecule has 0 radical (unpaired) electrons. The average Bonchev–Trinajstić information content (AvgIpc) is 2.85. The van der Waals surface area contributed by atoms with Crippen LogP contribution in [0.2, 0.25) is 0 Å². The third kappa shape index (κ3) is 4.87. The van der Waals surface area contributed by atoms with Gasteiger partial charge in [0.2, 0.25) is 0 Å². The van der Waals surface area contributed by atoms with Gasteiger partial charge in [-0.05, 0) is 22.9 Å². The van der Waals surface area contributed by atoms with Gasteiger partial charge in [0.05, 0.1) is 19.8 Å². The fourth-order valence-electron chi connectivity index (χ4n) is 3.48. The fraction of sp³-hybridized carbons (Fsp3) is 0.455. The number of hydrogen-bond acceptors (Lipinski definition) is 4. The van der Waals surface area contributed by atoms with Crippen molar-refractivity contribution in [3.63, 3.8) is 0 Å². The zero-order chi connectivity index (χ0) is 31.3. The molecule has 18 heteroatoms. The second-order valence-corrected chi connectivity index (χ2v) is 8.54. The summed E-state index contributed by atoms with van der Waals surface area (Å²) in [6.07, 6.45) is -7.52. The highest BCUT2D eigenvalue weighted by atomic mass is 32.1. The van der Waals surface area contributed by atoms with Gasteiger partial charge in [-0.25, -0.2) is 0 Å². The van der Waals surface area contributed by atoms with Crippen molar-refractivity contribution in [3.8, 4) is 5.75 Å². The van der Waals surface area contributed by atoms with E-state index < -0.39 is 70.4 Å². The van der Waals surface area contributed by atoms with Gasteiger partial charge in [-0.3, -0.25) is 4.79 Å². The minimum Gasteiger partial charge on any atom is -0.496 e. The lowest BCUT2D eigenvalue weighted by atomic mass is 9.87. The van der Waals surface area contributed by atoms with Crippen molar-refractivity contribution in [2.45, 2.75) is 35.8 Å². The van der Waals surface area contributed by atoms with E-state index in [4.69, 9.17) is 12.2 Å². The lowest BCUT2D eigenvalue weighted by molar-refractivity contribution is -0.441. The first-order valence-electron chi connectivity index (χ1n) is 10.3. The summed E-state index contributed by atoms with van der Waals surface area (Å²) in [5, 5.41) is -1.62. The smallest absolute Gasteiger partial charge is 0.460 e. The summed E-state index contributed by atoms with van der Waals surface area (Å²) in [7, 11) is 2.80. The van der Waals surface area contributed by atoms with E-state index in [1.807, 2.05) is 0 Å². The quantitative estimate of drug-likeness (QED) is 0.175. The van der Waals surface area contributed by atoms with Crippen molar-refractivity contribution in [3.05, 3.63) is 41.5 Å². The molecule has 0 amide bonds. The van der Waals surface area contributed by atoms with Gasteiger partial charge in [-0.2, -0.15) is 57.1 Å². The number of carbonyl (C=O) groups is 1. The van der Waals surface area contributed by atoms with Gasteiger partial charge in [0.1, 0.15) is 17.3 Å². The highest BCUT2D eigenvalue weighted by Crippen LogP contribution is 2.63. The van der Waals surface area contributed by atoms with Crippen molar-refractivity contribution in [2.75, 3.05) is 27.8 Å². The Labute approximate surface area is 221 Å². The first-order valence-corrected chi connectivity index (χ1v) is 10.7. The van der Waals surface area contributed by atoms with Gasteiger partial charge in [-0.1, -0.05) is 30.4 Å². The number of methoxy groups -OCH3 is 2. The zero-order valence-electron chi connectivity index (χ0n) is 20.1. The number of ether oxygens (including phenoxy) is 2. The van der Waals surface area contributed by atoms with E-state index in [1.165, 1.54) is 7.05 Å². The molecule has 0 N–H and O–H groups in total. The van der Waals surface area contributed by atoms with Crippen LogP contribution in [0.4, 0.5) is 57.1 Å². The number of halogens is 13. The van der Waals surface area contributed by atoms with Gasteiger partial charge < -0.3 is 14.4 Å². The molecule has 4 nitrogen and oxygen atoms in total. The van der Waals surface area contributed by atoms with Crippen molar-refractivity contribution >= 4 is 33.9 Å². The number of rotatable bonds is 9. The molecule has 0 bridgehead atoms. The monoisotopic (exact) mass is 621 g/mol. The Morgan fingerprint density at radius 3 is 1.77 bits per heavy atom. The summed E-state index contributed by atoms with van der Waals surface area (Å²) in [6, 6.07) is 3.98. The van der Waals surface area contributed by atoms with Crippen molar-refractivity contribution in [1.29, 1.82) is 0 Å². The Balaban J connectivity index is 2.85. The third-order valence-electron chi connectivity index (χ3n) is 5.66. The number of benzene rings is 2. The van der Waals surface area contributed by atoms with Crippen LogP contribution >= 0.6 is 12.2 Å². The first-order chi connectivity index (χ1) is 18.0. The van der Waals surface area contributed by atoms with Crippen LogP contribution in [0.1, 0.15) is 11.1 Å². The van der Waals surface area contributed by atoms with Crippen LogP contribution in [-0.2, 0) is 15.5 Å². The summed E-state index contributed by atoms with van der Waals surface area (Å²) in [5.41, 5.74) is -2.51. The van der Waals surface area contributed by atoms with Crippen LogP contribution in [0, 0.1) is 0 Å². The molecule has 0 spiro atoms. The Kier molecular flexibility index (Phi) is 8.63. The summed E-state index contributed by atoms with van der Waals surface area (Å²) >= 11 is 5.13. The van der Waals surface area contributed by atoms with E-state index >= 15 is 8.78 Å². The second kappa shape index (κ2) is 10.4. The van der Waals surface area contributed by atoms with Crippen LogP contribution in [0.5, 0.6) is 5.75 Å². The fourth-order valence-corrected chi connectivity index (χ4v) is 3.72. The highest BCUT2D eigenvalue weighted by molar-refractivity contribution is 7.80. The largest absolute Gasteiger partial charge is 0.496 e. The van der Waals surface area contributed by atoms with Crippen molar-refractivity contribution in [2.24, 2.45) is 0 Å². The molecule has 0 aliphatic rings. The Morgan fingerprint density at radius 1 is 0.775 bits per heavy atom. The SMILES string of the molecule is COC(=O)CN(C)C(=S)c1cccc2c(C(F)(F)C(F)(F)C(F)(F)C(F)(F)C(F)(F)C(F)(F)F)c(OC)ccc12. The van der Waals surface area contributed by atoms with E-state index in [0.717, 1.165) is 30.2 Å². The van der Waals surface area contributed by atoms with Crippen LogP contribution in [0.25, 0.3) is 10.8 Å². The minimum absolute atomic E-state index is 0.261. The van der Waals surface area contributed by atoms with Crippen LogP contribution < -0.4 is 4.74 Å². The second-order valence-electron chi connectivity index (χ2n) is 8.15. The third-order valence-corrected chi connectivity index (χ3v) is 6.19. The maximum atomic E-state index is 15.3. The van der Waals surface area contributed by atoms with Crippen LogP contribution in [0.3, 0.4) is 0 Å². The zero-order valence-corrected chi connectivity index (χ0v) is 20.9. The first kappa shape index (κ1) is 33.2. The molecule has 0 saturated carbocycles. The van der Waals surface area contributed by atoms with Gasteiger partial charge in [0.25, 0.3) is 0 Å².